The first-order chi connectivity index (χ1) is 17.5. The van der Waals surface area contributed by atoms with Gasteiger partial charge < -0.3 is 34.9 Å². The van der Waals surface area contributed by atoms with Crippen molar-refractivity contribution in [1.82, 2.24) is 4.90 Å². The Hall–Kier alpha value is -3.30. The van der Waals surface area contributed by atoms with E-state index in [0.717, 1.165) is 37.2 Å². The largest absolute Gasteiger partial charge is 0.497 e. The molecule has 0 aliphatic carbocycles. The summed E-state index contributed by atoms with van der Waals surface area (Å²) in [4.78, 5) is 27.3. The van der Waals surface area contributed by atoms with Gasteiger partial charge in [0.2, 0.25) is 5.91 Å². The van der Waals surface area contributed by atoms with E-state index in [4.69, 9.17) is 14.2 Å². The highest BCUT2D eigenvalue weighted by Gasteiger charge is 2.46. The molecule has 0 unspecified atom stereocenters. The number of anilines is 2. The van der Waals surface area contributed by atoms with Crippen LogP contribution in [0.5, 0.6) is 11.5 Å². The first-order valence-corrected chi connectivity index (χ1v) is 12.6. The van der Waals surface area contributed by atoms with Crippen LogP contribution in [-0.2, 0) is 9.53 Å². The van der Waals surface area contributed by atoms with E-state index >= 15 is 0 Å². The molecule has 0 aromatic heterocycles. The Morgan fingerprint density at radius 1 is 1.06 bits per heavy atom. The molecule has 3 aliphatic rings. The third-order valence-corrected chi connectivity index (χ3v) is 7.22. The number of hydrogen-bond acceptors (Lipinski definition) is 6. The van der Waals surface area contributed by atoms with Gasteiger partial charge in [-0.3, -0.25) is 4.79 Å². The van der Waals surface area contributed by atoms with Gasteiger partial charge in [-0.1, -0.05) is 0 Å². The van der Waals surface area contributed by atoms with Gasteiger partial charge in [0.05, 0.1) is 26.2 Å². The van der Waals surface area contributed by atoms with Gasteiger partial charge in [-0.05, 0) is 68.1 Å². The Morgan fingerprint density at radius 2 is 1.78 bits per heavy atom. The second-order valence-electron chi connectivity index (χ2n) is 9.61. The van der Waals surface area contributed by atoms with Crippen LogP contribution in [0.15, 0.2) is 42.5 Å². The Bertz CT molecular complexity index is 1090. The Kier molecular flexibility index (Phi) is 7.29. The van der Waals surface area contributed by atoms with Crippen molar-refractivity contribution < 1.29 is 28.9 Å². The molecule has 0 saturated carbocycles. The molecule has 0 radical (unpaired) electrons. The molecule has 2 fully saturated rings. The number of piperidine rings is 1. The molecule has 4 atom stereocenters. The highest BCUT2D eigenvalue weighted by Crippen LogP contribution is 2.47. The summed E-state index contributed by atoms with van der Waals surface area (Å²) in [7, 11) is 1.59. The zero-order chi connectivity index (χ0) is 25.1. The minimum absolute atomic E-state index is 0.0311. The number of nitrogens with one attached hydrogen (secondary N) is 2. The highest BCUT2D eigenvalue weighted by atomic mass is 16.6. The number of urea groups is 1. The van der Waals surface area contributed by atoms with Crippen molar-refractivity contribution in [3.05, 3.63) is 48.0 Å². The maximum absolute atomic E-state index is 12.9. The third-order valence-electron chi connectivity index (χ3n) is 7.22. The number of methoxy groups -OCH3 is 1. The average molecular weight is 496 g/mol. The van der Waals surface area contributed by atoms with Crippen molar-refractivity contribution in [3.8, 4) is 11.5 Å². The van der Waals surface area contributed by atoms with Crippen molar-refractivity contribution in [3.63, 3.8) is 0 Å². The number of aliphatic hydroxyl groups is 1. The van der Waals surface area contributed by atoms with Gasteiger partial charge >= 0.3 is 6.03 Å². The van der Waals surface area contributed by atoms with Crippen LogP contribution in [0.2, 0.25) is 0 Å². The van der Waals surface area contributed by atoms with E-state index in [1.165, 1.54) is 6.42 Å². The molecule has 3 amide bonds. The molecule has 9 heteroatoms. The molecular weight excluding hydrogens is 462 g/mol. The number of carbonyl (C=O) groups is 2. The molecule has 36 heavy (non-hydrogen) atoms. The number of rotatable bonds is 6. The Labute approximate surface area is 210 Å². The van der Waals surface area contributed by atoms with Gasteiger partial charge in [0, 0.05) is 35.9 Å². The van der Waals surface area contributed by atoms with Crippen molar-refractivity contribution in [2.45, 2.75) is 56.3 Å². The number of benzene rings is 2. The number of carbonyl (C=O) groups excluding carboxylic acids is 2. The molecular formula is C27H33N3O6. The monoisotopic (exact) mass is 495 g/mol. The SMILES string of the molecule is COc1ccc(NC(=O)Nc2ccc3c(c2)[C@@H]2C[C@@H](CC(=O)N4CCCCC4)O[C@@H](CO)[C@@H]2O3)cc1. The van der Waals surface area contributed by atoms with Gasteiger partial charge in [0.1, 0.15) is 23.7 Å². The summed E-state index contributed by atoms with van der Waals surface area (Å²) in [6.07, 6.45) is 3.06. The molecule has 2 aromatic rings. The number of likely N-dealkylation sites (tertiary alicyclic amines) is 1. The molecule has 2 aromatic carbocycles. The van der Waals surface area contributed by atoms with Crippen molar-refractivity contribution in [1.29, 1.82) is 0 Å². The summed E-state index contributed by atoms with van der Waals surface area (Å²) in [5.41, 5.74) is 2.24. The van der Waals surface area contributed by atoms with Crippen LogP contribution < -0.4 is 20.1 Å². The molecule has 3 heterocycles. The van der Waals surface area contributed by atoms with Crippen molar-refractivity contribution in [2.75, 3.05) is 37.4 Å². The molecule has 5 rings (SSSR count). The summed E-state index contributed by atoms with van der Waals surface area (Å²) >= 11 is 0. The predicted octanol–water partition coefficient (Wildman–Crippen LogP) is 3.74. The summed E-state index contributed by atoms with van der Waals surface area (Å²) in [6, 6.07) is 12.3. The minimum atomic E-state index is -0.509. The first kappa shape index (κ1) is 24.4. The molecule has 3 aliphatic heterocycles. The lowest BCUT2D eigenvalue weighted by atomic mass is 9.84. The lowest BCUT2D eigenvalue weighted by Crippen LogP contribution is -2.48. The van der Waals surface area contributed by atoms with E-state index in [1.54, 1.807) is 37.4 Å². The molecule has 9 nitrogen and oxygen atoms in total. The summed E-state index contributed by atoms with van der Waals surface area (Å²) in [5.74, 6) is 1.51. The van der Waals surface area contributed by atoms with Gasteiger partial charge in [-0.15, -0.1) is 0 Å². The molecule has 0 bridgehead atoms. The standard InChI is InChI=1S/C27H33N3O6/c1-34-19-8-5-17(6-9-19)28-27(33)29-18-7-10-23-21(13-18)22-14-20(35-24(16-31)26(22)36-23)15-25(32)30-11-3-2-4-12-30/h5-10,13,20,22,24,26,31H,2-4,11-12,14-16H2,1H3,(H2,28,29,33)/t20-,22-,24-,26+/m0/s1. The number of hydrogen-bond donors (Lipinski definition) is 3. The first-order valence-electron chi connectivity index (χ1n) is 12.6. The quantitative estimate of drug-likeness (QED) is 0.563. The van der Waals surface area contributed by atoms with Gasteiger partial charge in [0.15, 0.2) is 0 Å². The number of ether oxygens (including phenoxy) is 3. The lowest BCUT2D eigenvalue weighted by molar-refractivity contribution is -0.149. The van der Waals surface area contributed by atoms with Crippen molar-refractivity contribution >= 4 is 23.3 Å². The molecule has 3 N–H and O–H groups in total. The zero-order valence-corrected chi connectivity index (χ0v) is 20.4. The molecule has 192 valence electrons. The normalized spacial score (nSPS) is 24.8. The molecule has 2 saturated heterocycles. The van der Waals surface area contributed by atoms with E-state index in [2.05, 4.69) is 10.6 Å². The van der Waals surface area contributed by atoms with Crippen LogP contribution in [0.1, 0.15) is 43.6 Å². The van der Waals surface area contributed by atoms with Crippen LogP contribution in [0.3, 0.4) is 0 Å². The predicted molar refractivity (Wildman–Crippen MR) is 135 cm³/mol. The second-order valence-corrected chi connectivity index (χ2v) is 9.61. The van der Waals surface area contributed by atoms with E-state index in [0.29, 0.717) is 30.0 Å². The summed E-state index contributed by atoms with van der Waals surface area (Å²) < 4.78 is 17.4. The Morgan fingerprint density at radius 3 is 2.50 bits per heavy atom. The summed E-state index contributed by atoms with van der Waals surface area (Å²) in [6.45, 7) is 1.43. The van der Waals surface area contributed by atoms with Crippen molar-refractivity contribution in [2.24, 2.45) is 0 Å². The van der Waals surface area contributed by atoms with Gasteiger partial charge in [0.25, 0.3) is 0 Å². The van der Waals surface area contributed by atoms with E-state index < -0.39 is 6.10 Å². The fourth-order valence-electron chi connectivity index (χ4n) is 5.40. The average Bonchev–Trinajstić information content (AvgIpc) is 3.27. The van der Waals surface area contributed by atoms with Crippen LogP contribution in [0.4, 0.5) is 16.2 Å². The zero-order valence-electron chi connectivity index (χ0n) is 20.4. The minimum Gasteiger partial charge on any atom is -0.497 e. The van der Waals surface area contributed by atoms with E-state index in [-0.39, 0.29) is 36.7 Å². The maximum atomic E-state index is 12.9. The fraction of sp³-hybridized carbons (Fsp3) is 0.481. The van der Waals surface area contributed by atoms with E-state index in [1.807, 2.05) is 17.0 Å². The van der Waals surface area contributed by atoms with E-state index in [9.17, 15) is 14.7 Å². The Balaban J connectivity index is 1.26. The molecule has 0 spiro atoms. The third kappa shape index (κ3) is 5.27. The second kappa shape index (κ2) is 10.8. The van der Waals surface area contributed by atoms with Crippen LogP contribution >= 0.6 is 0 Å². The fourth-order valence-corrected chi connectivity index (χ4v) is 5.40. The number of fused-ring (bicyclic) bond motifs is 3. The topological polar surface area (TPSA) is 109 Å². The van der Waals surface area contributed by atoms with Crippen LogP contribution in [0, 0.1) is 0 Å². The lowest BCUT2D eigenvalue weighted by Gasteiger charge is -2.38. The van der Waals surface area contributed by atoms with Gasteiger partial charge in [-0.25, -0.2) is 4.79 Å². The summed E-state index contributed by atoms with van der Waals surface area (Å²) in [5, 5.41) is 15.7. The smallest absolute Gasteiger partial charge is 0.323 e. The number of aliphatic hydroxyl groups excluding tert-OH is 1. The maximum Gasteiger partial charge on any atom is 0.323 e. The number of nitrogens with zero attached hydrogens (tertiary/aromatic N) is 1. The van der Waals surface area contributed by atoms with Crippen LogP contribution in [-0.4, -0.2) is 67.1 Å². The highest BCUT2D eigenvalue weighted by molar-refractivity contribution is 5.99. The van der Waals surface area contributed by atoms with Gasteiger partial charge in [-0.2, -0.15) is 0 Å². The number of amides is 3. The van der Waals surface area contributed by atoms with Crippen LogP contribution in [0.25, 0.3) is 0 Å².